The zero-order chi connectivity index (χ0) is 10.7. The molecule has 0 spiro atoms. The Morgan fingerprint density at radius 3 is 2.20 bits per heavy atom. The van der Waals surface area contributed by atoms with Gasteiger partial charge >= 0.3 is 0 Å². The molecule has 86 valence electrons. The maximum absolute atomic E-state index is 12.2. The molecular formula is C12H22N2O. The van der Waals surface area contributed by atoms with Gasteiger partial charge in [-0.2, -0.15) is 0 Å². The fourth-order valence-corrected chi connectivity index (χ4v) is 2.63. The number of rotatable bonds is 1. The summed E-state index contributed by atoms with van der Waals surface area (Å²) in [5, 5.41) is 0. The van der Waals surface area contributed by atoms with Crippen molar-refractivity contribution in [2.45, 2.75) is 32.1 Å². The van der Waals surface area contributed by atoms with Crippen molar-refractivity contribution in [1.82, 2.24) is 9.80 Å². The lowest BCUT2D eigenvalue weighted by atomic mass is 9.88. The average molecular weight is 210 g/mol. The van der Waals surface area contributed by atoms with E-state index in [0.29, 0.717) is 11.8 Å². The molecule has 2 aliphatic rings. The molecule has 1 saturated heterocycles. The molecule has 0 radical (unpaired) electrons. The number of piperazine rings is 1. The predicted molar refractivity (Wildman–Crippen MR) is 60.7 cm³/mol. The van der Waals surface area contributed by atoms with E-state index in [0.717, 1.165) is 39.0 Å². The molecule has 0 aromatic rings. The number of hydrogen-bond donors (Lipinski definition) is 0. The maximum Gasteiger partial charge on any atom is 0.225 e. The molecule has 3 nitrogen and oxygen atoms in total. The third-order valence-corrected chi connectivity index (χ3v) is 3.77. The van der Waals surface area contributed by atoms with Gasteiger partial charge in [-0.3, -0.25) is 4.79 Å². The van der Waals surface area contributed by atoms with E-state index < -0.39 is 0 Å². The van der Waals surface area contributed by atoms with E-state index >= 15 is 0 Å². The van der Waals surface area contributed by atoms with Crippen LogP contribution in [0.2, 0.25) is 0 Å². The van der Waals surface area contributed by atoms with Crippen molar-refractivity contribution < 1.29 is 4.79 Å². The summed E-state index contributed by atoms with van der Waals surface area (Å²) in [6, 6.07) is 0. The van der Waals surface area contributed by atoms with Crippen LogP contribution in [-0.2, 0) is 4.79 Å². The quantitative estimate of drug-likeness (QED) is 0.652. The molecular weight excluding hydrogens is 188 g/mol. The minimum atomic E-state index is 0.349. The summed E-state index contributed by atoms with van der Waals surface area (Å²) >= 11 is 0. The van der Waals surface area contributed by atoms with Crippen LogP contribution in [0.5, 0.6) is 0 Å². The molecule has 0 bridgehead atoms. The molecule has 0 aromatic heterocycles. The molecule has 0 unspecified atom stereocenters. The Labute approximate surface area is 92.4 Å². The van der Waals surface area contributed by atoms with E-state index in [1.807, 2.05) is 0 Å². The Hall–Kier alpha value is -0.570. The molecule has 1 saturated carbocycles. The lowest BCUT2D eigenvalue weighted by Crippen LogP contribution is -2.49. The highest BCUT2D eigenvalue weighted by atomic mass is 16.2. The Balaban J connectivity index is 1.84. The van der Waals surface area contributed by atoms with Crippen molar-refractivity contribution in [3.8, 4) is 0 Å². The smallest absolute Gasteiger partial charge is 0.225 e. The highest BCUT2D eigenvalue weighted by molar-refractivity contribution is 5.79. The summed E-state index contributed by atoms with van der Waals surface area (Å²) < 4.78 is 0. The van der Waals surface area contributed by atoms with Gasteiger partial charge in [-0.1, -0.05) is 19.3 Å². The van der Waals surface area contributed by atoms with E-state index in [1.54, 1.807) is 0 Å². The summed E-state index contributed by atoms with van der Waals surface area (Å²) in [6.45, 7) is 3.95. The minimum absolute atomic E-state index is 0.349. The third-order valence-electron chi connectivity index (χ3n) is 3.77. The van der Waals surface area contributed by atoms with Crippen LogP contribution in [0, 0.1) is 5.92 Å². The topological polar surface area (TPSA) is 23.6 Å². The van der Waals surface area contributed by atoms with Crippen molar-refractivity contribution in [1.29, 1.82) is 0 Å². The highest BCUT2D eigenvalue weighted by Gasteiger charge is 2.27. The Morgan fingerprint density at radius 1 is 1.00 bits per heavy atom. The monoisotopic (exact) mass is 210 g/mol. The van der Waals surface area contributed by atoms with E-state index in [9.17, 15) is 4.79 Å². The summed E-state index contributed by atoms with van der Waals surface area (Å²) in [4.78, 5) is 16.5. The third kappa shape index (κ3) is 2.71. The van der Waals surface area contributed by atoms with Crippen LogP contribution in [-0.4, -0.2) is 48.9 Å². The predicted octanol–water partition coefficient (Wildman–Crippen LogP) is 1.34. The molecule has 0 aromatic carbocycles. The molecule has 1 aliphatic heterocycles. The molecule has 15 heavy (non-hydrogen) atoms. The second-order valence-electron chi connectivity index (χ2n) is 4.96. The summed E-state index contributed by atoms with van der Waals surface area (Å²) in [6.07, 6.45) is 6.09. The van der Waals surface area contributed by atoms with E-state index in [2.05, 4.69) is 16.8 Å². The van der Waals surface area contributed by atoms with Crippen LogP contribution in [0.1, 0.15) is 32.1 Å². The molecule has 1 heterocycles. The van der Waals surface area contributed by atoms with Gasteiger partial charge < -0.3 is 9.80 Å². The number of hydrogen-bond acceptors (Lipinski definition) is 2. The number of carbonyl (C=O) groups is 1. The van der Waals surface area contributed by atoms with Crippen molar-refractivity contribution >= 4 is 5.91 Å². The lowest BCUT2D eigenvalue weighted by Gasteiger charge is -2.35. The maximum atomic E-state index is 12.2. The fourth-order valence-electron chi connectivity index (χ4n) is 2.63. The van der Waals surface area contributed by atoms with Gasteiger partial charge in [-0.25, -0.2) is 0 Å². The van der Waals surface area contributed by atoms with Gasteiger partial charge in [-0.05, 0) is 19.9 Å². The SMILES string of the molecule is CN1CCN(C(=O)C2CCCCC2)CC1. The van der Waals surface area contributed by atoms with Gasteiger partial charge in [0.25, 0.3) is 0 Å². The first-order valence-electron chi connectivity index (χ1n) is 6.25. The Bertz CT molecular complexity index is 216. The van der Waals surface area contributed by atoms with Gasteiger partial charge in [0.15, 0.2) is 0 Å². The average Bonchev–Trinajstić information content (AvgIpc) is 2.30. The van der Waals surface area contributed by atoms with E-state index in [4.69, 9.17) is 0 Å². The van der Waals surface area contributed by atoms with E-state index in [-0.39, 0.29) is 0 Å². The molecule has 0 atom stereocenters. The Morgan fingerprint density at radius 2 is 1.60 bits per heavy atom. The lowest BCUT2D eigenvalue weighted by molar-refractivity contribution is -0.138. The van der Waals surface area contributed by atoms with Crippen LogP contribution >= 0.6 is 0 Å². The first kappa shape index (κ1) is 10.9. The second kappa shape index (κ2) is 4.97. The normalized spacial score (nSPS) is 25.5. The minimum Gasteiger partial charge on any atom is -0.340 e. The molecule has 3 heteroatoms. The van der Waals surface area contributed by atoms with Crippen LogP contribution in [0.3, 0.4) is 0 Å². The van der Waals surface area contributed by atoms with Gasteiger partial charge in [0.05, 0.1) is 0 Å². The standard InChI is InChI=1S/C12H22N2O/c1-13-7-9-14(10-8-13)12(15)11-5-3-2-4-6-11/h11H,2-10H2,1H3. The number of likely N-dealkylation sites (N-methyl/N-ethyl adjacent to an activating group) is 1. The molecule has 0 N–H and O–H groups in total. The second-order valence-corrected chi connectivity index (χ2v) is 4.96. The number of amides is 1. The Kier molecular flexibility index (Phi) is 3.62. The number of carbonyl (C=O) groups excluding carboxylic acids is 1. The molecule has 2 fully saturated rings. The van der Waals surface area contributed by atoms with Gasteiger partial charge in [-0.15, -0.1) is 0 Å². The van der Waals surface area contributed by atoms with Gasteiger partial charge in [0, 0.05) is 32.1 Å². The summed E-state index contributed by atoms with van der Waals surface area (Å²) in [5.41, 5.74) is 0. The fraction of sp³-hybridized carbons (Fsp3) is 0.917. The first-order chi connectivity index (χ1) is 7.27. The zero-order valence-corrected chi connectivity index (χ0v) is 9.74. The van der Waals surface area contributed by atoms with Gasteiger partial charge in [0.2, 0.25) is 5.91 Å². The van der Waals surface area contributed by atoms with Crippen molar-refractivity contribution in [3.63, 3.8) is 0 Å². The zero-order valence-electron chi connectivity index (χ0n) is 9.74. The highest BCUT2D eigenvalue weighted by Crippen LogP contribution is 2.25. The van der Waals surface area contributed by atoms with Crippen molar-refractivity contribution in [2.24, 2.45) is 5.92 Å². The first-order valence-corrected chi connectivity index (χ1v) is 6.25. The summed E-state index contributed by atoms with van der Waals surface area (Å²) in [5.74, 6) is 0.782. The van der Waals surface area contributed by atoms with E-state index in [1.165, 1.54) is 19.3 Å². The molecule has 1 aliphatic carbocycles. The van der Waals surface area contributed by atoms with Gasteiger partial charge in [0.1, 0.15) is 0 Å². The van der Waals surface area contributed by atoms with Crippen LogP contribution in [0.15, 0.2) is 0 Å². The molecule has 1 amide bonds. The van der Waals surface area contributed by atoms with Crippen molar-refractivity contribution in [2.75, 3.05) is 33.2 Å². The largest absolute Gasteiger partial charge is 0.340 e. The van der Waals surface area contributed by atoms with Crippen LogP contribution < -0.4 is 0 Å². The van der Waals surface area contributed by atoms with Crippen LogP contribution in [0.25, 0.3) is 0 Å². The summed E-state index contributed by atoms with van der Waals surface area (Å²) in [7, 11) is 2.13. The van der Waals surface area contributed by atoms with Crippen molar-refractivity contribution in [3.05, 3.63) is 0 Å². The molecule has 2 rings (SSSR count). The van der Waals surface area contributed by atoms with Crippen LogP contribution in [0.4, 0.5) is 0 Å². The number of nitrogens with zero attached hydrogens (tertiary/aromatic N) is 2.